The zero-order valence-electron chi connectivity index (χ0n) is 20.5. The average molecular weight is 411 g/mol. The van der Waals surface area contributed by atoms with E-state index in [4.69, 9.17) is 0 Å². The third-order valence-electron chi connectivity index (χ3n) is 10.7. The van der Waals surface area contributed by atoms with E-state index >= 15 is 0 Å². The molecule has 168 valence electrons. The van der Waals surface area contributed by atoms with Crippen molar-refractivity contribution in [2.75, 3.05) is 0 Å². The summed E-state index contributed by atoms with van der Waals surface area (Å²) in [6, 6.07) is 0. The van der Waals surface area contributed by atoms with Gasteiger partial charge in [0.25, 0.3) is 0 Å². The number of Topliss-reactive ketones (excluding diaryl/α,β-unsaturated/α-hetero) is 1. The molecule has 30 heavy (non-hydrogen) atoms. The van der Waals surface area contributed by atoms with Crippen molar-refractivity contribution in [1.29, 1.82) is 0 Å². The Labute approximate surface area is 186 Å². The van der Waals surface area contributed by atoms with Gasteiger partial charge in [0.1, 0.15) is 5.78 Å². The van der Waals surface area contributed by atoms with E-state index in [1.54, 1.807) is 0 Å². The van der Waals surface area contributed by atoms with Crippen LogP contribution in [-0.4, -0.2) is 5.78 Å². The van der Waals surface area contributed by atoms with Crippen LogP contribution in [0.25, 0.3) is 0 Å². The van der Waals surface area contributed by atoms with Gasteiger partial charge in [0.2, 0.25) is 0 Å². The van der Waals surface area contributed by atoms with Gasteiger partial charge in [0, 0.05) is 12.3 Å². The van der Waals surface area contributed by atoms with Crippen molar-refractivity contribution in [1.82, 2.24) is 0 Å². The lowest BCUT2D eigenvalue weighted by molar-refractivity contribution is -0.149. The normalized spacial score (nSPS) is 45.3. The first-order valence-corrected chi connectivity index (χ1v) is 13.1. The van der Waals surface area contributed by atoms with E-state index in [1.807, 2.05) is 0 Å². The summed E-state index contributed by atoms with van der Waals surface area (Å²) in [6.07, 6.45) is 19.4. The SMILES string of the molecule is CCC(/C=C/[C@@H](C)C1CCC2C3CC(=O)C4CC=CCC4(C)C3CCC21C)C(C)C. The molecular formula is C29H46O. The molecule has 1 heteroatoms. The quantitative estimate of drug-likeness (QED) is 0.421. The molecule has 0 bridgehead atoms. The molecule has 3 saturated carbocycles. The molecule has 1 nitrogen and oxygen atoms in total. The standard InChI is InChI=1S/C29H46O/c1-7-21(19(2)3)12-11-20(4)23-13-14-24-22-18-27(30)26-10-8-9-16-28(26,5)25(22)15-17-29(23,24)6/h8-9,11-12,19-26H,7,10,13-18H2,1-6H3/b12-11+/t20-,21?,22?,23?,24?,25?,26?,28?,29?/m1/s1. The highest BCUT2D eigenvalue weighted by molar-refractivity contribution is 5.83. The van der Waals surface area contributed by atoms with Crippen LogP contribution in [0.5, 0.6) is 0 Å². The molecule has 0 aromatic rings. The third-order valence-corrected chi connectivity index (χ3v) is 10.7. The summed E-state index contributed by atoms with van der Waals surface area (Å²) < 4.78 is 0. The molecule has 4 rings (SSSR count). The summed E-state index contributed by atoms with van der Waals surface area (Å²) in [4.78, 5) is 13.2. The molecule has 3 fully saturated rings. The molecule has 0 saturated heterocycles. The van der Waals surface area contributed by atoms with E-state index in [9.17, 15) is 4.79 Å². The second-order valence-electron chi connectivity index (χ2n) is 12.3. The Balaban J connectivity index is 1.54. The van der Waals surface area contributed by atoms with Gasteiger partial charge >= 0.3 is 0 Å². The zero-order chi connectivity index (χ0) is 21.7. The molecular weight excluding hydrogens is 364 g/mol. The highest BCUT2D eigenvalue weighted by Crippen LogP contribution is 2.67. The zero-order valence-corrected chi connectivity index (χ0v) is 20.5. The van der Waals surface area contributed by atoms with E-state index in [0.29, 0.717) is 34.9 Å². The van der Waals surface area contributed by atoms with Gasteiger partial charge in [-0.2, -0.15) is 0 Å². The Kier molecular flexibility index (Phi) is 6.15. The van der Waals surface area contributed by atoms with Crippen LogP contribution in [0.3, 0.4) is 0 Å². The molecule has 0 amide bonds. The van der Waals surface area contributed by atoms with Gasteiger partial charge in [-0.1, -0.05) is 65.8 Å². The van der Waals surface area contributed by atoms with Gasteiger partial charge in [-0.15, -0.1) is 0 Å². The van der Waals surface area contributed by atoms with E-state index in [2.05, 4.69) is 65.8 Å². The van der Waals surface area contributed by atoms with Gasteiger partial charge in [-0.3, -0.25) is 4.79 Å². The second-order valence-corrected chi connectivity index (χ2v) is 12.3. The van der Waals surface area contributed by atoms with Crippen molar-refractivity contribution in [3.05, 3.63) is 24.3 Å². The fourth-order valence-corrected chi connectivity index (χ4v) is 8.84. The first-order valence-electron chi connectivity index (χ1n) is 13.1. The van der Waals surface area contributed by atoms with Crippen LogP contribution in [0.4, 0.5) is 0 Å². The van der Waals surface area contributed by atoms with E-state index in [0.717, 1.165) is 42.9 Å². The van der Waals surface area contributed by atoms with Crippen LogP contribution in [0.2, 0.25) is 0 Å². The van der Waals surface area contributed by atoms with Crippen molar-refractivity contribution in [2.45, 2.75) is 92.9 Å². The predicted octanol–water partition coefficient (Wildman–Crippen LogP) is 7.86. The predicted molar refractivity (Wildman–Crippen MR) is 127 cm³/mol. The van der Waals surface area contributed by atoms with Gasteiger partial charge < -0.3 is 0 Å². The number of rotatable bonds is 5. The lowest BCUT2D eigenvalue weighted by Crippen LogP contribution is -2.55. The molecule has 0 radical (unpaired) electrons. The van der Waals surface area contributed by atoms with Crippen molar-refractivity contribution in [2.24, 2.45) is 58.2 Å². The number of carbonyl (C=O) groups excluding carboxylic acids is 1. The Morgan fingerprint density at radius 3 is 2.47 bits per heavy atom. The summed E-state index contributed by atoms with van der Waals surface area (Å²) in [5.41, 5.74) is 0.656. The van der Waals surface area contributed by atoms with E-state index in [1.165, 1.54) is 32.1 Å². The van der Waals surface area contributed by atoms with Gasteiger partial charge in [0.15, 0.2) is 0 Å². The number of allylic oxidation sites excluding steroid dienone is 4. The molecule has 0 spiro atoms. The highest BCUT2D eigenvalue weighted by Gasteiger charge is 2.61. The number of carbonyl (C=O) groups is 1. The highest BCUT2D eigenvalue weighted by atomic mass is 16.1. The summed E-state index contributed by atoms with van der Waals surface area (Å²) in [6.45, 7) is 14.6. The van der Waals surface area contributed by atoms with Crippen LogP contribution in [0.1, 0.15) is 92.9 Å². The lowest BCUT2D eigenvalue weighted by atomic mass is 9.45. The number of fused-ring (bicyclic) bond motifs is 5. The van der Waals surface area contributed by atoms with Crippen molar-refractivity contribution in [3.63, 3.8) is 0 Å². The molecule has 4 aliphatic rings. The van der Waals surface area contributed by atoms with Gasteiger partial charge in [-0.25, -0.2) is 0 Å². The Morgan fingerprint density at radius 1 is 1.03 bits per heavy atom. The number of hydrogen-bond donors (Lipinski definition) is 0. The third kappa shape index (κ3) is 3.47. The molecule has 4 aliphatic carbocycles. The van der Waals surface area contributed by atoms with Gasteiger partial charge in [0.05, 0.1) is 0 Å². The summed E-state index contributed by atoms with van der Waals surface area (Å²) in [5.74, 6) is 5.94. The maximum Gasteiger partial charge on any atom is 0.137 e. The maximum absolute atomic E-state index is 13.2. The van der Waals surface area contributed by atoms with Crippen LogP contribution < -0.4 is 0 Å². The average Bonchev–Trinajstić information content (AvgIpc) is 3.05. The fraction of sp³-hybridized carbons (Fsp3) is 0.828. The maximum atomic E-state index is 13.2. The molecule has 0 heterocycles. The van der Waals surface area contributed by atoms with E-state index < -0.39 is 0 Å². The van der Waals surface area contributed by atoms with Crippen LogP contribution in [0.15, 0.2) is 24.3 Å². The number of ketones is 1. The minimum Gasteiger partial charge on any atom is -0.299 e. The first kappa shape index (κ1) is 22.3. The summed E-state index contributed by atoms with van der Waals surface area (Å²) in [5, 5.41) is 0. The molecule has 8 unspecified atom stereocenters. The van der Waals surface area contributed by atoms with Crippen molar-refractivity contribution < 1.29 is 4.79 Å². The van der Waals surface area contributed by atoms with Crippen molar-refractivity contribution in [3.8, 4) is 0 Å². The molecule has 9 atom stereocenters. The number of hydrogen-bond acceptors (Lipinski definition) is 1. The molecule has 0 aromatic carbocycles. The fourth-order valence-electron chi connectivity index (χ4n) is 8.84. The lowest BCUT2D eigenvalue weighted by Gasteiger charge is -2.59. The molecule has 0 aliphatic heterocycles. The molecule has 0 aromatic heterocycles. The Bertz CT molecular complexity index is 701. The minimum atomic E-state index is 0.227. The Hall–Kier alpha value is -0.850. The second kappa shape index (κ2) is 8.25. The summed E-state index contributed by atoms with van der Waals surface area (Å²) >= 11 is 0. The molecule has 0 N–H and O–H groups in total. The summed E-state index contributed by atoms with van der Waals surface area (Å²) in [7, 11) is 0. The first-order chi connectivity index (χ1) is 14.2. The minimum absolute atomic E-state index is 0.227. The van der Waals surface area contributed by atoms with Crippen LogP contribution in [-0.2, 0) is 4.79 Å². The van der Waals surface area contributed by atoms with Crippen LogP contribution in [0, 0.1) is 58.2 Å². The van der Waals surface area contributed by atoms with E-state index in [-0.39, 0.29) is 5.41 Å². The monoisotopic (exact) mass is 410 g/mol. The van der Waals surface area contributed by atoms with Crippen molar-refractivity contribution >= 4 is 5.78 Å². The van der Waals surface area contributed by atoms with Gasteiger partial charge in [-0.05, 0) is 97.2 Å². The largest absolute Gasteiger partial charge is 0.299 e. The Morgan fingerprint density at radius 2 is 1.77 bits per heavy atom. The topological polar surface area (TPSA) is 17.1 Å². The van der Waals surface area contributed by atoms with Crippen LogP contribution >= 0.6 is 0 Å². The smallest absolute Gasteiger partial charge is 0.137 e.